The van der Waals surface area contributed by atoms with Crippen LogP contribution in [0.4, 0.5) is 3.89 Å². The van der Waals surface area contributed by atoms with Crippen molar-refractivity contribution in [1.82, 2.24) is 0 Å². The van der Waals surface area contributed by atoms with Crippen molar-refractivity contribution in [1.29, 1.82) is 0 Å². The van der Waals surface area contributed by atoms with E-state index in [0.29, 0.717) is 17.9 Å². The minimum absolute atomic E-state index is 0.305. The highest BCUT2D eigenvalue weighted by molar-refractivity contribution is 7.86. The number of halogens is 1. The van der Waals surface area contributed by atoms with E-state index in [0.717, 1.165) is 0 Å². The number of ether oxygens (including phenoxy) is 1. The fourth-order valence-electron chi connectivity index (χ4n) is 1.15. The maximum absolute atomic E-state index is 12.6. The standard InChI is InChI=1S/C9H11FO3S/c1-3-13-8-4-5-9(7(2)6-8)14(10,11)12/h4-6H,3H2,1-2H3. The van der Waals surface area contributed by atoms with E-state index in [-0.39, 0.29) is 4.90 Å². The molecule has 0 aliphatic rings. The van der Waals surface area contributed by atoms with Crippen LogP contribution < -0.4 is 4.74 Å². The Balaban J connectivity index is 3.15. The molecule has 0 aliphatic heterocycles. The predicted molar refractivity (Wildman–Crippen MR) is 50.6 cm³/mol. The maximum Gasteiger partial charge on any atom is 0.332 e. The number of hydrogen-bond acceptors (Lipinski definition) is 3. The maximum atomic E-state index is 12.6. The Morgan fingerprint density at radius 2 is 2.07 bits per heavy atom. The van der Waals surface area contributed by atoms with Gasteiger partial charge in [-0.2, -0.15) is 8.42 Å². The summed E-state index contributed by atoms with van der Waals surface area (Å²) in [5.74, 6) is 0.539. The van der Waals surface area contributed by atoms with Crippen molar-refractivity contribution in [3.63, 3.8) is 0 Å². The summed E-state index contributed by atoms with van der Waals surface area (Å²) >= 11 is 0. The second-order valence-corrected chi connectivity index (χ2v) is 4.11. The van der Waals surface area contributed by atoms with Gasteiger partial charge >= 0.3 is 10.2 Å². The normalized spacial score (nSPS) is 11.4. The average molecular weight is 218 g/mol. The second kappa shape index (κ2) is 3.96. The van der Waals surface area contributed by atoms with Crippen LogP contribution in [0.1, 0.15) is 12.5 Å². The average Bonchev–Trinajstić information content (AvgIpc) is 2.02. The van der Waals surface area contributed by atoms with Gasteiger partial charge in [-0.1, -0.05) is 0 Å². The molecule has 3 nitrogen and oxygen atoms in total. The smallest absolute Gasteiger partial charge is 0.332 e. The van der Waals surface area contributed by atoms with E-state index in [1.807, 2.05) is 6.92 Å². The van der Waals surface area contributed by atoms with Crippen molar-refractivity contribution >= 4 is 10.2 Å². The third-order valence-corrected chi connectivity index (χ3v) is 2.70. The predicted octanol–water partition coefficient (Wildman–Crippen LogP) is 2.05. The topological polar surface area (TPSA) is 43.4 Å². The van der Waals surface area contributed by atoms with Gasteiger partial charge in [-0.05, 0) is 37.6 Å². The van der Waals surface area contributed by atoms with E-state index in [9.17, 15) is 12.3 Å². The first-order valence-electron chi connectivity index (χ1n) is 4.13. The van der Waals surface area contributed by atoms with Gasteiger partial charge in [0.1, 0.15) is 10.6 Å². The molecule has 78 valence electrons. The summed E-state index contributed by atoms with van der Waals surface area (Å²) < 4.78 is 39.0. The number of hydrogen-bond donors (Lipinski definition) is 0. The summed E-state index contributed by atoms with van der Waals surface area (Å²) in [6.07, 6.45) is 0. The van der Waals surface area contributed by atoms with Crippen LogP contribution >= 0.6 is 0 Å². The van der Waals surface area contributed by atoms with Crippen LogP contribution in [-0.2, 0) is 10.2 Å². The Hall–Kier alpha value is -1.10. The van der Waals surface area contributed by atoms with Gasteiger partial charge < -0.3 is 4.74 Å². The van der Waals surface area contributed by atoms with Crippen LogP contribution in [0, 0.1) is 6.92 Å². The summed E-state index contributed by atoms with van der Waals surface area (Å²) in [6, 6.07) is 4.13. The summed E-state index contributed by atoms with van der Waals surface area (Å²) in [4.78, 5) is -0.305. The van der Waals surface area contributed by atoms with Gasteiger partial charge in [0.15, 0.2) is 0 Å². The SMILES string of the molecule is CCOc1ccc(S(=O)(=O)F)c(C)c1. The molecule has 0 aromatic heterocycles. The summed E-state index contributed by atoms with van der Waals surface area (Å²) in [7, 11) is -4.62. The van der Waals surface area contributed by atoms with Gasteiger partial charge in [0, 0.05) is 0 Å². The first-order valence-corrected chi connectivity index (χ1v) is 5.51. The largest absolute Gasteiger partial charge is 0.494 e. The van der Waals surface area contributed by atoms with E-state index >= 15 is 0 Å². The van der Waals surface area contributed by atoms with Crippen molar-refractivity contribution in [3.05, 3.63) is 23.8 Å². The third kappa shape index (κ3) is 2.45. The van der Waals surface area contributed by atoms with E-state index in [1.54, 1.807) is 0 Å². The van der Waals surface area contributed by atoms with Gasteiger partial charge in [-0.15, -0.1) is 3.89 Å². The molecule has 1 rings (SSSR count). The van der Waals surface area contributed by atoms with E-state index < -0.39 is 10.2 Å². The Morgan fingerprint density at radius 1 is 1.43 bits per heavy atom. The molecule has 0 atom stereocenters. The Bertz CT molecular complexity index is 426. The molecule has 1 aromatic carbocycles. The Kier molecular flexibility index (Phi) is 3.10. The fraction of sp³-hybridized carbons (Fsp3) is 0.333. The lowest BCUT2D eigenvalue weighted by atomic mass is 10.2. The molecule has 0 unspecified atom stereocenters. The molecule has 5 heteroatoms. The molecule has 0 bridgehead atoms. The first-order chi connectivity index (χ1) is 6.45. The molecule has 0 aliphatic carbocycles. The molecule has 0 saturated carbocycles. The highest BCUT2D eigenvalue weighted by atomic mass is 32.3. The molecule has 14 heavy (non-hydrogen) atoms. The molecule has 0 saturated heterocycles. The lowest BCUT2D eigenvalue weighted by Crippen LogP contribution is -1.97. The van der Waals surface area contributed by atoms with Gasteiger partial charge in [0.05, 0.1) is 6.61 Å². The van der Waals surface area contributed by atoms with Crippen LogP contribution in [0.15, 0.2) is 23.1 Å². The van der Waals surface area contributed by atoms with Crippen LogP contribution in [0.2, 0.25) is 0 Å². The van der Waals surface area contributed by atoms with Crippen molar-refractivity contribution < 1.29 is 17.0 Å². The molecule has 1 aromatic rings. The van der Waals surface area contributed by atoms with E-state index in [4.69, 9.17) is 4.74 Å². The monoisotopic (exact) mass is 218 g/mol. The highest BCUT2D eigenvalue weighted by Gasteiger charge is 2.15. The summed E-state index contributed by atoms with van der Waals surface area (Å²) in [5, 5.41) is 0. The molecule has 0 amide bonds. The van der Waals surface area contributed by atoms with Gasteiger partial charge in [0.25, 0.3) is 0 Å². The van der Waals surface area contributed by atoms with E-state index in [1.165, 1.54) is 25.1 Å². The molecule has 0 heterocycles. The van der Waals surface area contributed by atoms with Gasteiger partial charge in [-0.25, -0.2) is 0 Å². The van der Waals surface area contributed by atoms with Crippen LogP contribution in [0.25, 0.3) is 0 Å². The fourth-order valence-corrected chi connectivity index (χ4v) is 1.83. The Morgan fingerprint density at radius 3 is 2.50 bits per heavy atom. The van der Waals surface area contributed by atoms with Crippen molar-refractivity contribution in [3.8, 4) is 5.75 Å². The third-order valence-electron chi connectivity index (χ3n) is 1.72. The van der Waals surface area contributed by atoms with Crippen LogP contribution in [0.3, 0.4) is 0 Å². The number of rotatable bonds is 3. The molecule has 0 spiro atoms. The Labute approximate surface area is 82.7 Å². The zero-order chi connectivity index (χ0) is 10.8. The number of aryl methyl sites for hydroxylation is 1. The number of benzene rings is 1. The molecular weight excluding hydrogens is 207 g/mol. The highest BCUT2D eigenvalue weighted by Crippen LogP contribution is 2.22. The van der Waals surface area contributed by atoms with Gasteiger partial charge in [-0.3, -0.25) is 0 Å². The lowest BCUT2D eigenvalue weighted by molar-refractivity contribution is 0.339. The zero-order valence-electron chi connectivity index (χ0n) is 7.95. The zero-order valence-corrected chi connectivity index (χ0v) is 8.77. The molecule has 0 fully saturated rings. The summed E-state index contributed by atoms with van der Waals surface area (Å²) in [5.41, 5.74) is 0.346. The molecule has 0 radical (unpaired) electrons. The minimum Gasteiger partial charge on any atom is -0.494 e. The molecule has 0 N–H and O–H groups in total. The summed E-state index contributed by atoms with van der Waals surface area (Å²) in [6.45, 7) is 3.82. The minimum atomic E-state index is -4.62. The van der Waals surface area contributed by atoms with Crippen molar-refractivity contribution in [2.24, 2.45) is 0 Å². The molecular formula is C9H11FO3S. The quantitative estimate of drug-likeness (QED) is 0.729. The van der Waals surface area contributed by atoms with Crippen LogP contribution in [-0.4, -0.2) is 15.0 Å². The first kappa shape index (κ1) is 11.0. The van der Waals surface area contributed by atoms with Crippen LogP contribution in [0.5, 0.6) is 5.75 Å². The van der Waals surface area contributed by atoms with E-state index in [2.05, 4.69) is 0 Å². The lowest BCUT2D eigenvalue weighted by Gasteiger charge is -2.05. The van der Waals surface area contributed by atoms with Crippen molar-refractivity contribution in [2.45, 2.75) is 18.7 Å². The van der Waals surface area contributed by atoms with Gasteiger partial charge in [0.2, 0.25) is 0 Å². The second-order valence-electron chi connectivity index (χ2n) is 2.80. The van der Waals surface area contributed by atoms with Crippen molar-refractivity contribution in [2.75, 3.05) is 6.61 Å².